The lowest BCUT2D eigenvalue weighted by molar-refractivity contribution is -0.136. The highest BCUT2D eigenvalue weighted by atomic mass is 16.5. The Morgan fingerprint density at radius 1 is 0.848 bits per heavy atom. The molecule has 3 aromatic carbocycles. The number of para-hydroxylation sites is 1. The molecule has 1 heterocycles. The van der Waals surface area contributed by atoms with E-state index in [0.717, 1.165) is 37.6 Å². The Morgan fingerprint density at radius 2 is 1.52 bits per heavy atom. The van der Waals surface area contributed by atoms with Crippen LogP contribution in [-0.2, 0) is 14.3 Å². The van der Waals surface area contributed by atoms with Gasteiger partial charge in [-0.1, -0.05) is 30.3 Å². The van der Waals surface area contributed by atoms with Crippen LogP contribution in [0.2, 0.25) is 0 Å². The second-order valence-electron chi connectivity index (χ2n) is 7.28. The number of nitrogens with one attached hydrogen (secondary N) is 2. The van der Waals surface area contributed by atoms with Crippen LogP contribution in [0, 0.1) is 0 Å². The van der Waals surface area contributed by atoms with Crippen molar-refractivity contribution >= 4 is 29.4 Å². The minimum absolute atomic E-state index is 0.471. The van der Waals surface area contributed by atoms with E-state index in [2.05, 4.69) is 20.7 Å². The molecular formula is C25H24N4O4. The Morgan fingerprint density at radius 3 is 2.21 bits per heavy atom. The van der Waals surface area contributed by atoms with E-state index in [0.29, 0.717) is 17.2 Å². The van der Waals surface area contributed by atoms with Gasteiger partial charge in [-0.15, -0.1) is 0 Å². The average molecular weight is 444 g/mol. The lowest BCUT2D eigenvalue weighted by Gasteiger charge is -2.28. The van der Waals surface area contributed by atoms with Gasteiger partial charge >= 0.3 is 11.8 Å². The van der Waals surface area contributed by atoms with Gasteiger partial charge in [-0.2, -0.15) is 5.10 Å². The SMILES string of the molecule is O=C(N/N=C\c1ccc(N2CCOCC2)cc1)C(=O)Nc1ccc(Oc2ccccc2)cc1. The van der Waals surface area contributed by atoms with Gasteiger partial charge in [0.15, 0.2) is 0 Å². The number of morpholine rings is 1. The van der Waals surface area contributed by atoms with Gasteiger partial charge in [0, 0.05) is 24.5 Å². The highest BCUT2D eigenvalue weighted by molar-refractivity contribution is 6.39. The zero-order valence-electron chi connectivity index (χ0n) is 17.9. The summed E-state index contributed by atoms with van der Waals surface area (Å²) in [5.74, 6) is -0.345. The number of hydrazone groups is 1. The van der Waals surface area contributed by atoms with Crippen molar-refractivity contribution in [3.05, 3.63) is 84.4 Å². The molecule has 3 aromatic rings. The molecule has 0 radical (unpaired) electrons. The summed E-state index contributed by atoms with van der Waals surface area (Å²) in [5.41, 5.74) is 4.63. The first-order valence-corrected chi connectivity index (χ1v) is 10.6. The van der Waals surface area contributed by atoms with Crippen LogP contribution in [0.15, 0.2) is 84.0 Å². The van der Waals surface area contributed by atoms with Crippen molar-refractivity contribution in [1.82, 2.24) is 5.43 Å². The van der Waals surface area contributed by atoms with Crippen molar-refractivity contribution in [2.45, 2.75) is 0 Å². The summed E-state index contributed by atoms with van der Waals surface area (Å²) in [6.07, 6.45) is 1.49. The number of carbonyl (C=O) groups excluding carboxylic acids is 2. The van der Waals surface area contributed by atoms with Crippen molar-refractivity contribution in [2.24, 2.45) is 5.10 Å². The highest BCUT2D eigenvalue weighted by Gasteiger charge is 2.13. The van der Waals surface area contributed by atoms with Crippen LogP contribution in [0.5, 0.6) is 11.5 Å². The van der Waals surface area contributed by atoms with E-state index < -0.39 is 11.8 Å². The summed E-state index contributed by atoms with van der Waals surface area (Å²) < 4.78 is 11.1. The summed E-state index contributed by atoms with van der Waals surface area (Å²) in [6, 6.07) is 23.9. The van der Waals surface area contributed by atoms with Crippen molar-refractivity contribution in [3.63, 3.8) is 0 Å². The first-order valence-electron chi connectivity index (χ1n) is 10.6. The van der Waals surface area contributed by atoms with Gasteiger partial charge in [-0.05, 0) is 54.1 Å². The molecule has 0 atom stereocenters. The van der Waals surface area contributed by atoms with Gasteiger partial charge in [0.05, 0.1) is 19.4 Å². The first kappa shape index (κ1) is 22.0. The Hall–Kier alpha value is -4.17. The average Bonchev–Trinajstić information content (AvgIpc) is 2.87. The third-order valence-electron chi connectivity index (χ3n) is 4.95. The molecule has 1 aliphatic heterocycles. The molecule has 0 unspecified atom stereocenters. The van der Waals surface area contributed by atoms with Crippen molar-refractivity contribution in [1.29, 1.82) is 0 Å². The summed E-state index contributed by atoms with van der Waals surface area (Å²) in [5, 5.41) is 6.40. The third-order valence-corrected chi connectivity index (χ3v) is 4.95. The maximum absolute atomic E-state index is 12.1. The molecule has 4 rings (SSSR count). The topological polar surface area (TPSA) is 92.3 Å². The lowest BCUT2D eigenvalue weighted by Crippen LogP contribution is -2.36. The molecule has 0 aromatic heterocycles. The van der Waals surface area contributed by atoms with E-state index in [1.807, 2.05) is 54.6 Å². The largest absolute Gasteiger partial charge is 0.457 e. The smallest absolute Gasteiger partial charge is 0.329 e. The van der Waals surface area contributed by atoms with Gasteiger partial charge in [0.25, 0.3) is 0 Å². The van der Waals surface area contributed by atoms with Crippen LogP contribution in [0.1, 0.15) is 5.56 Å². The van der Waals surface area contributed by atoms with Crippen molar-refractivity contribution in [3.8, 4) is 11.5 Å². The van der Waals surface area contributed by atoms with Gasteiger partial charge in [-0.25, -0.2) is 5.43 Å². The van der Waals surface area contributed by atoms with E-state index in [4.69, 9.17) is 9.47 Å². The molecule has 33 heavy (non-hydrogen) atoms. The quantitative estimate of drug-likeness (QED) is 0.345. The summed E-state index contributed by atoms with van der Waals surface area (Å²) in [7, 11) is 0. The van der Waals surface area contributed by atoms with Gasteiger partial charge in [0.1, 0.15) is 11.5 Å². The predicted molar refractivity (Wildman–Crippen MR) is 127 cm³/mol. The minimum atomic E-state index is -0.860. The van der Waals surface area contributed by atoms with Gasteiger partial charge < -0.3 is 19.7 Å². The Labute approximate surface area is 191 Å². The molecule has 0 spiro atoms. The molecule has 0 bridgehead atoms. The van der Waals surface area contributed by atoms with Gasteiger partial charge in [-0.3, -0.25) is 9.59 Å². The molecule has 0 saturated carbocycles. The number of hydrogen-bond acceptors (Lipinski definition) is 6. The fourth-order valence-electron chi connectivity index (χ4n) is 3.23. The number of amides is 2. The van der Waals surface area contributed by atoms with Crippen LogP contribution in [0.25, 0.3) is 0 Å². The third kappa shape index (κ3) is 6.41. The standard InChI is InChI=1S/C25H24N4O4/c30-24(27-20-8-12-23(13-9-20)33-22-4-2-1-3-5-22)25(31)28-26-18-19-6-10-21(11-7-19)29-14-16-32-17-15-29/h1-13,18H,14-17H2,(H,27,30)(H,28,31)/b26-18-. The molecule has 1 fully saturated rings. The Kier molecular flexibility index (Phi) is 7.29. The number of rotatable bonds is 6. The van der Waals surface area contributed by atoms with E-state index >= 15 is 0 Å². The van der Waals surface area contributed by atoms with E-state index in [1.54, 1.807) is 24.3 Å². The molecule has 2 N–H and O–H groups in total. The van der Waals surface area contributed by atoms with Crippen molar-refractivity contribution in [2.75, 3.05) is 36.5 Å². The maximum Gasteiger partial charge on any atom is 0.329 e. The fraction of sp³-hybridized carbons (Fsp3) is 0.160. The summed E-state index contributed by atoms with van der Waals surface area (Å²) >= 11 is 0. The summed E-state index contributed by atoms with van der Waals surface area (Å²) in [4.78, 5) is 26.4. The number of carbonyl (C=O) groups is 2. The molecule has 8 nitrogen and oxygen atoms in total. The van der Waals surface area contributed by atoms with Gasteiger partial charge in [0.2, 0.25) is 0 Å². The molecule has 1 saturated heterocycles. The molecule has 1 aliphatic rings. The molecule has 2 amide bonds. The lowest BCUT2D eigenvalue weighted by atomic mass is 10.2. The second-order valence-corrected chi connectivity index (χ2v) is 7.28. The number of anilines is 2. The number of benzene rings is 3. The van der Waals surface area contributed by atoms with E-state index in [9.17, 15) is 9.59 Å². The molecule has 168 valence electrons. The monoisotopic (exact) mass is 444 g/mol. The normalized spacial score (nSPS) is 13.5. The fourth-order valence-corrected chi connectivity index (χ4v) is 3.23. The Bertz CT molecular complexity index is 1090. The summed E-state index contributed by atoms with van der Waals surface area (Å²) in [6.45, 7) is 3.18. The van der Waals surface area contributed by atoms with Crippen molar-refractivity contribution < 1.29 is 19.1 Å². The van der Waals surface area contributed by atoms with Crippen LogP contribution in [-0.4, -0.2) is 44.3 Å². The Balaban J connectivity index is 1.24. The van der Waals surface area contributed by atoms with E-state index in [1.165, 1.54) is 6.21 Å². The molecular weight excluding hydrogens is 420 g/mol. The predicted octanol–water partition coefficient (Wildman–Crippen LogP) is 3.40. The molecule has 0 aliphatic carbocycles. The van der Waals surface area contributed by atoms with Crippen LogP contribution < -0.4 is 20.4 Å². The van der Waals surface area contributed by atoms with Crippen LogP contribution in [0.3, 0.4) is 0 Å². The minimum Gasteiger partial charge on any atom is -0.457 e. The highest BCUT2D eigenvalue weighted by Crippen LogP contribution is 2.22. The molecule has 8 heteroatoms. The zero-order valence-corrected chi connectivity index (χ0v) is 17.9. The maximum atomic E-state index is 12.1. The van der Waals surface area contributed by atoms with Crippen LogP contribution in [0.4, 0.5) is 11.4 Å². The number of ether oxygens (including phenoxy) is 2. The number of hydrogen-bond donors (Lipinski definition) is 2. The number of nitrogens with zero attached hydrogens (tertiary/aromatic N) is 2. The van der Waals surface area contributed by atoms with Crippen LogP contribution >= 0.6 is 0 Å². The zero-order chi connectivity index (χ0) is 22.9. The first-order chi connectivity index (χ1) is 16.2. The second kappa shape index (κ2) is 10.9. The van der Waals surface area contributed by atoms with E-state index in [-0.39, 0.29) is 0 Å².